The Kier molecular flexibility index (Phi) is 6.65. The molecule has 0 spiro atoms. The molecule has 2 aromatic rings. The van der Waals surface area contributed by atoms with Crippen molar-refractivity contribution in [2.45, 2.75) is 57.3 Å². The van der Waals surface area contributed by atoms with Crippen molar-refractivity contribution < 1.29 is 23.8 Å². The molecule has 1 heterocycles. The third kappa shape index (κ3) is 4.51. The summed E-state index contributed by atoms with van der Waals surface area (Å²) in [7, 11) is 1.55. The molecule has 1 aromatic heterocycles. The van der Waals surface area contributed by atoms with Crippen molar-refractivity contribution in [1.82, 2.24) is 5.32 Å². The van der Waals surface area contributed by atoms with Crippen molar-refractivity contribution in [3.05, 3.63) is 59.0 Å². The number of ether oxygens (including phenoxy) is 1. The number of carbonyl (C=O) groups excluding carboxylic acids is 2. The Morgan fingerprint density at radius 3 is 2.50 bits per heavy atom. The summed E-state index contributed by atoms with van der Waals surface area (Å²) >= 11 is 0. The van der Waals surface area contributed by atoms with Gasteiger partial charge in [0.2, 0.25) is 0 Å². The van der Waals surface area contributed by atoms with Crippen LogP contribution in [0.2, 0.25) is 0 Å². The minimum atomic E-state index is -0.589. The third-order valence-electron chi connectivity index (χ3n) is 5.21. The summed E-state index contributed by atoms with van der Waals surface area (Å²) in [6.45, 7) is 1.75. The van der Waals surface area contributed by atoms with Crippen LogP contribution in [-0.2, 0) is 4.74 Å². The number of Topliss-reactive ketones (excluding diaryl/α,β-unsaturated/α-hetero) is 1. The van der Waals surface area contributed by atoms with Crippen LogP contribution in [0.5, 0.6) is 0 Å². The Morgan fingerprint density at radius 1 is 1.21 bits per heavy atom. The van der Waals surface area contributed by atoms with E-state index in [9.17, 15) is 14.7 Å². The van der Waals surface area contributed by atoms with Crippen molar-refractivity contribution >= 4 is 11.7 Å². The van der Waals surface area contributed by atoms with Crippen LogP contribution in [0.1, 0.15) is 77.4 Å². The lowest BCUT2D eigenvalue weighted by atomic mass is 9.93. The Hall–Kier alpha value is -2.44. The van der Waals surface area contributed by atoms with Gasteiger partial charge in [-0.2, -0.15) is 0 Å². The molecule has 1 amide bonds. The smallest absolute Gasteiger partial charge is 0.255 e. The fourth-order valence-electron chi connectivity index (χ4n) is 3.59. The molecule has 28 heavy (non-hydrogen) atoms. The molecular weight excluding hydrogens is 358 g/mol. The summed E-state index contributed by atoms with van der Waals surface area (Å²) in [5.41, 5.74) is 1.16. The third-order valence-corrected chi connectivity index (χ3v) is 5.21. The monoisotopic (exact) mass is 385 g/mol. The van der Waals surface area contributed by atoms with Crippen LogP contribution in [0.3, 0.4) is 0 Å². The number of hydrogen-bond acceptors (Lipinski definition) is 5. The lowest BCUT2D eigenvalue weighted by Gasteiger charge is -2.26. The standard InChI is InChI=1S/C22H27NO5/c1-3-18(25)19-13-17(22(26)23-15-9-11-16(24)12-10-15)21(28-19)20(27-2)14-7-5-4-6-8-14/h4-8,13,15-16,20,24H,3,9-12H2,1-2H3,(H,23,26). The van der Waals surface area contributed by atoms with Gasteiger partial charge in [-0.05, 0) is 31.2 Å². The number of furan rings is 1. The van der Waals surface area contributed by atoms with Crippen molar-refractivity contribution in [3.8, 4) is 0 Å². The maximum Gasteiger partial charge on any atom is 0.255 e. The number of aliphatic hydroxyl groups excluding tert-OH is 1. The van der Waals surface area contributed by atoms with Gasteiger partial charge in [0.05, 0.1) is 11.7 Å². The first-order valence-electron chi connectivity index (χ1n) is 9.77. The molecule has 6 nitrogen and oxygen atoms in total. The van der Waals surface area contributed by atoms with Crippen LogP contribution in [0.4, 0.5) is 0 Å². The molecule has 1 aliphatic rings. The second-order valence-electron chi connectivity index (χ2n) is 7.17. The second-order valence-corrected chi connectivity index (χ2v) is 7.17. The zero-order chi connectivity index (χ0) is 20.1. The molecule has 2 N–H and O–H groups in total. The Morgan fingerprint density at radius 2 is 1.89 bits per heavy atom. The van der Waals surface area contributed by atoms with Crippen LogP contribution in [0, 0.1) is 0 Å². The van der Waals surface area contributed by atoms with Crippen LogP contribution in [-0.4, -0.2) is 36.1 Å². The molecule has 1 aromatic carbocycles. The summed E-state index contributed by atoms with van der Waals surface area (Å²) in [6.07, 6.45) is 2.22. The molecule has 1 atom stereocenters. The number of carbonyl (C=O) groups is 2. The fourth-order valence-corrected chi connectivity index (χ4v) is 3.59. The van der Waals surface area contributed by atoms with Crippen LogP contribution in [0.15, 0.2) is 40.8 Å². The second kappa shape index (κ2) is 9.17. The maximum atomic E-state index is 13.0. The van der Waals surface area contributed by atoms with Gasteiger partial charge >= 0.3 is 0 Å². The predicted molar refractivity (Wildman–Crippen MR) is 104 cm³/mol. The van der Waals surface area contributed by atoms with Crippen molar-refractivity contribution in [2.24, 2.45) is 0 Å². The van der Waals surface area contributed by atoms with E-state index in [2.05, 4.69) is 5.32 Å². The highest BCUT2D eigenvalue weighted by Gasteiger charge is 2.29. The summed E-state index contributed by atoms with van der Waals surface area (Å²) in [6, 6.07) is 11.0. The maximum absolute atomic E-state index is 13.0. The number of methoxy groups -OCH3 is 1. The average molecular weight is 385 g/mol. The highest BCUT2D eigenvalue weighted by molar-refractivity contribution is 6.00. The fraction of sp³-hybridized carbons (Fsp3) is 0.455. The zero-order valence-electron chi connectivity index (χ0n) is 16.3. The molecule has 0 saturated heterocycles. The molecule has 150 valence electrons. The molecule has 0 aliphatic heterocycles. The van der Waals surface area contributed by atoms with Gasteiger partial charge in [-0.1, -0.05) is 37.3 Å². The van der Waals surface area contributed by atoms with Crippen LogP contribution in [0.25, 0.3) is 0 Å². The lowest BCUT2D eigenvalue weighted by Crippen LogP contribution is -2.38. The van der Waals surface area contributed by atoms with Gasteiger partial charge in [-0.15, -0.1) is 0 Å². The number of hydrogen-bond donors (Lipinski definition) is 2. The van der Waals surface area contributed by atoms with Gasteiger partial charge < -0.3 is 19.6 Å². The summed E-state index contributed by atoms with van der Waals surface area (Å²) in [5, 5.41) is 12.7. The van der Waals surface area contributed by atoms with Crippen LogP contribution < -0.4 is 5.32 Å². The van der Waals surface area contributed by atoms with Gasteiger partial charge in [-0.3, -0.25) is 9.59 Å². The molecular formula is C22H27NO5. The van der Waals surface area contributed by atoms with Gasteiger partial charge in [0.1, 0.15) is 6.10 Å². The normalized spacial score (nSPS) is 20.5. The quantitative estimate of drug-likeness (QED) is 0.711. The highest BCUT2D eigenvalue weighted by atomic mass is 16.5. The van der Waals surface area contributed by atoms with E-state index in [-0.39, 0.29) is 36.0 Å². The molecule has 1 aliphatic carbocycles. The number of amides is 1. The predicted octanol–water partition coefficient (Wildman–Crippen LogP) is 3.64. The first-order valence-corrected chi connectivity index (χ1v) is 9.77. The van der Waals surface area contributed by atoms with E-state index in [0.717, 1.165) is 18.4 Å². The summed E-state index contributed by atoms with van der Waals surface area (Å²) < 4.78 is 11.5. The Balaban J connectivity index is 1.91. The highest BCUT2D eigenvalue weighted by Crippen LogP contribution is 2.31. The number of rotatable bonds is 7. The van der Waals surface area contributed by atoms with E-state index in [0.29, 0.717) is 24.2 Å². The van der Waals surface area contributed by atoms with Gasteiger partial charge in [0.25, 0.3) is 5.91 Å². The number of nitrogens with one attached hydrogen (secondary N) is 1. The molecule has 1 fully saturated rings. The molecule has 6 heteroatoms. The van der Waals surface area contributed by atoms with Crippen LogP contribution >= 0.6 is 0 Å². The van der Waals surface area contributed by atoms with Crippen molar-refractivity contribution in [1.29, 1.82) is 0 Å². The van der Waals surface area contributed by atoms with E-state index < -0.39 is 6.10 Å². The number of aliphatic hydroxyl groups is 1. The molecule has 1 saturated carbocycles. The minimum Gasteiger partial charge on any atom is -0.454 e. The summed E-state index contributed by atoms with van der Waals surface area (Å²) in [5.74, 6) is 0.0517. The molecule has 3 rings (SSSR count). The van der Waals surface area contributed by atoms with E-state index in [1.54, 1.807) is 14.0 Å². The average Bonchev–Trinajstić information content (AvgIpc) is 3.16. The van der Waals surface area contributed by atoms with E-state index in [1.165, 1.54) is 6.07 Å². The number of ketones is 1. The SMILES string of the molecule is CCC(=O)c1cc(C(=O)NC2CCC(O)CC2)c(C(OC)c2ccccc2)o1. The zero-order valence-corrected chi connectivity index (χ0v) is 16.3. The first-order chi connectivity index (χ1) is 13.5. The topological polar surface area (TPSA) is 88.8 Å². The van der Waals surface area contributed by atoms with Gasteiger partial charge in [0.15, 0.2) is 17.3 Å². The van der Waals surface area contributed by atoms with E-state index in [1.807, 2.05) is 30.3 Å². The van der Waals surface area contributed by atoms with E-state index >= 15 is 0 Å². The molecule has 0 radical (unpaired) electrons. The molecule has 1 unspecified atom stereocenters. The van der Waals surface area contributed by atoms with Gasteiger partial charge in [0, 0.05) is 25.6 Å². The summed E-state index contributed by atoms with van der Waals surface area (Å²) in [4.78, 5) is 25.2. The molecule has 0 bridgehead atoms. The van der Waals surface area contributed by atoms with Gasteiger partial charge in [-0.25, -0.2) is 0 Å². The largest absolute Gasteiger partial charge is 0.454 e. The van der Waals surface area contributed by atoms with Crippen molar-refractivity contribution in [2.75, 3.05) is 7.11 Å². The Labute approximate surface area is 164 Å². The van der Waals surface area contributed by atoms with E-state index in [4.69, 9.17) is 9.15 Å². The number of benzene rings is 1. The Bertz CT molecular complexity index is 806. The first kappa shape index (κ1) is 20.3. The lowest BCUT2D eigenvalue weighted by molar-refractivity contribution is 0.0842. The van der Waals surface area contributed by atoms with Crippen molar-refractivity contribution in [3.63, 3.8) is 0 Å². The minimum absolute atomic E-state index is 0.00157.